The average Bonchev–Trinajstić information content (AvgIpc) is 2.81. The molecule has 0 aromatic rings. The van der Waals surface area contributed by atoms with Crippen molar-refractivity contribution in [3.63, 3.8) is 0 Å². The van der Waals surface area contributed by atoms with E-state index in [0.29, 0.717) is 6.17 Å². The Hall–Kier alpha value is -0.160. The molecule has 4 nitrogen and oxygen atoms in total. The molecule has 118 valence electrons. The highest BCUT2D eigenvalue weighted by molar-refractivity contribution is 4.85. The summed E-state index contributed by atoms with van der Waals surface area (Å²) in [6.45, 7) is 12.1. The average molecular weight is 283 g/mol. The number of hydrogen-bond acceptors (Lipinski definition) is 4. The van der Waals surface area contributed by atoms with Gasteiger partial charge in [-0.15, -0.1) is 0 Å². The van der Waals surface area contributed by atoms with Gasteiger partial charge in [-0.1, -0.05) is 0 Å². The standard InChI is InChI=1S/C16H33N3O/c1-16(2,3)20-13-5-9-18-11-7-14(8-12-18)19-10-4-6-15(19)17/h14-15H,4-13,17H2,1-3H3/t15-/m0/s1. The van der Waals surface area contributed by atoms with Crippen molar-refractivity contribution in [3.05, 3.63) is 0 Å². The second-order valence-corrected chi connectivity index (χ2v) is 7.33. The molecule has 0 aromatic heterocycles. The van der Waals surface area contributed by atoms with Crippen molar-refractivity contribution in [3.8, 4) is 0 Å². The summed E-state index contributed by atoms with van der Waals surface area (Å²) in [6, 6.07) is 0.731. The van der Waals surface area contributed by atoms with Gasteiger partial charge in [-0.05, 0) is 66.0 Å². The fraction of sp³-hybridized carbons (Fsp3) is 1.00. The molecule has 2 saturated heterocycles. The number of nitrogens with two attached hydrogens (primary N) is 1. The van der Waals surface area contributed by atoms with E-state index in [1.807, 2.05) is 0 Å². The van der Waals surface area contributed by atoms with Gasteiger partial charge in [0.15, 0.2) is 0 Å². The van der Waals surface area contributed by atoms with Gasteiger partial charge in [0.25, 0.3) is 0 Å². The second kappa shape index (κ2) is 7.21. The fourth-order valence-corrected chi connectivity index (χ4v) is 3.41. The molecule has 4 heteroatoms. The highest BCUT2D eigenvalue weighted by Gasteiger charge is 2.30. The molecule has 2 aliphatic rings. The summed E-state index contributed by atoms with van der Waals surface area (Å²) in [5.74, 6) is 0. The van der Waals surface area contributed by atoms with E-state index >= 15 is 0 Å². The van der Waals surface area contributed by atoms with Gasteiger partial charge >= 0.3 is 0 Å². The molecule has 2 fully saturated rings. The Balaban J connectivity index is 1.60. The summed E-state index contributed by atoms with van der Waals surface area (Å²) in [5.41, 5.74) is 6.18. The van der Waals surface area contributed by atoms with Gasteiger partial charge in [-0.3, -0.25) is 4.90 Å². The third-order valence-electron chi connectivity index (χ3n) is 4.52. The topological polar surface area (TPSA) is 41.7 Å². The van der Waals surface area contributed by atoms with Crippen LogP contribution >= 0.6 is 0 Å². The Bertz CT molecular complexity index is 282. The van der Waals surface area contributed by atoms with Gasteiger partial charge in [-0.25, -0.2) is 0 Å². The zero-order valence-corrected chi connectivity index (χ0v) is 13.6. The van der Waals surface area contributed by atoms with Crippen molar-refractivity contribution in [2.24, 2.45) is 5.73 Å². The van der Waals surface area contributed by atoms with E-state index in [2.05, 4.69) is 30.6 Å². The molecule has 0 unspecified atom stereocenters. The summed E-state index contributed by atoms with van der Waals surface area (Å²) in [7, 11) is 0. The molecule has 2 rings (SSSR count). The number of rotatable bonds is 5. The molecule has 0 aromatic carbocycles. The number of hydrogen-bond donors (Lipinski definition) is 1. The maximum atomic E-state index is 6.18. The first-order valence-electron chi connectivity index (χ1n) is 8.33. The molecule has 2 aliphatic heterocycles. The van der Waals surface area contributed by atoms with Gasteiger partial charge in [-0.2, -0.15) is 0 Å². The third-order valence-corrected chi connectivity index (χ3v) is 4.52. The quantitative estimate of drug-likeness (QED) is 0.784. The van der Waals surface area contributed by atoms with Crippen LogP contribution in [0.5, 0.6) is 0 Å². The van der Waals surface area contributed by atoms with Crippen LogP contribution in [0.25, 0.3) is 0 Å². The first kappa shape index (κ1) is 16.2. The summed E-state index contributed by atoms with van der Waals surface area (Å²) in [5, 5.41) is 0. The molecule has 2 heterocycles. The Morgan fingerprint density at radius 3 is 2.35 bits per heavy atom. The lowest BCUT2D eigenvalue weighted by Crippen LogP contribution is -2.49. The van der Waals surface area contributed by atoms with Crippen LogP contribution in [-0.2, 0) is 4.74 Å². The molecule has 0 saturated carbocycles. The van der Waals surface area contributed by atoms with Gasteiger partial charge < -0.3 is 15.4 Å². The van der Waals surface area contributed by atoms with Crippen LogP contribution in [-0.4, -0.2) is 60.4 Å². The Labute approximate surface area is 124 Å². The van der Waals surface area contributed by atoms with Crippen molar-refractivity contribution in [2.45, 2.75) is 70.7 Å². The van der Waals surface area contributed by atoms with Gasteiger partial charge in [0.2, 0.25) is 0 Å². The van der Waals surface area contributed by atoms with Crippen molar-refractivity contribution in [1.82, 2.24) is 9.80 Å². The third kappa shape index (κ3) is 4.99. The van der Waals surface area contributed by atoms with Gasteiger partial charge in [0.1, 0.15) is 0 Å². The molecule has 0 bridgehead atoms. The zero-order valence-electron chi connectivity index (χ0n) is 13.6. The van der Waals surface area contributed by atoms with Gasteiger partial charge in [0, 0.05) is 25.7 Å². The van der Waals surface area contributed by atoms with E-state index in [9.17, 15) is 0 Å². The van der Waals surface area contributed by atoms with Crippen LogP contribution in [0.1, 0.15) is 52.9 Å². The lowest BCUT2D eigenvalue weighted by molar-refractivity contribution is -0.00839. The highest BCUT2D eigenvalue weighted by atomic mass is 16.5. The normalized spacial score (nSPS) is 27.3. The van der Waals surface area contributed by atoms with Crippen LogP contribution in [0.3, 0.4) is 0 Å². The van der Waals surface area contributed by atoms with Crippen molar-refractivity contribution in [2.75, 3.05) is 32.8 Å². The molecule has 0 spiro atoms. The molecular weight excluding hydrogens is 250 g/mol. The summed E-state index contributed by atoms with van der Waals surface area (Å²) < 4.78 is 5.79. The predicted molar refractivity (Wildman–Crippen MR) is 83.7 cm³/mol. The van der Waals surface area contributed by atoms with Crippen LogP contribution < -0.4 is 5.73 Å². The minimum Gasteiger partial charge on any atom is -0.376 e. The molecule has 0 aliphatic carbocycles. The molecule has 0 radical (unpaired) electrons. The van der Waals surface area contributed by atoms with E-state index in [1.54, 1.807) is 0 Å². The monoisotopic (exact) mass is 283 g/mol. The van der Waals surface area contributed by atoms with Gasteiger partial charge in [0.05, 0.1) is 11.8 Å². The van der Waals surface area contributed by atoms with Crippen LogP contribution in [0.2, 0.25) is 0 Å². The molecule has 2 N–H and O–H groups in total. The number of likely N-dealkylation sites (tertiary alicyclic amines) is 2. The van der Waals surface area contributed by atoms with Crippen molar-refractivity contribution < 1.29 is 4.74 Å². The fourth-order valence-electron chi connectivity index (χ4n) is 3.41. The summed E-state index contributed by atoms with van der Waals surface area (Å²) in [4.78, 5) is 5.13. The first-order valence-corrected chi connectivity index (χ1v) is 8.33. The Morgan fingerprint density at radius 1 is 1.10 bits per heavy atom. The number of ether oxygens (including phenoxy) is 1. The van der Waals surface area contributed by atoms with E-state index in [0.717, 1.165) is 19.1 Å². The Morgan fingerprint density at radius 2 is 1.80 bits per heavy atom. The minimum atomic E-state index is -0.00111. The first-order chi connectivity index (χ1) is 9.46. The SMILES string of the molecule is CC(C)(C)OCCCN1CCC(N2CCC[C@H]2N)CC1. The highest BCUT2D eigenvalue weighted by Crippen LogP contribution is 2.23. The van der Waals surface area contributed by atoms with Crippen LogP contribution in [0.15, 0.2) is 0 Å². The van der Waals surface area contributed by atoms with E-state index in [-0.39, 0.29) is 5.60 Å². The smallest absolute Gasteiger partial charge is 0.0598 e. The predicted octanol–water partition coefficient (Wildman–Crippen LogP) is 2.04. The zero-order chi connectivity index (χ0) is 14.6. The Kier molecular flexibility index (Phi) is 5.84. The van der Waals surface area contributed by atoms with E-state index in [1.165, 1.54) is 51.9 Å². The van der Waals surface area contributed by atoms with Crippen molar-refractivity contribution in [1.29, 1.82) is 0 Å². The maximum absolute atomic E-state index is 6.18. The summed E-state index contributed by atoms with van der Waals surface area (Å²) >= 11 is 0. The minimum absolute atomic E-state index is 0.00111. The molecule has 20 heavy (non-hydrogen) atoms. The largest absolute Gasteiger partial charge is 0.376 e. The van der Waals surface area contributed by atoms with Crippen molar-refractivity contribution >= 4 is 0 Å². The lowest BCUT2D eigenvalue weighted by Gasteiger charge is -2.38. The van der Waals surface area contributed by atoms with E-state index in [4.69, 9.17) is 10.5 Å². The van der Waals surface area contributed by atoms with E-state index < -0.39 is 0 Å². The summed E-state index contributed by atoms with van der Waals surface area (Å²) in [6.07, 6.45) is 6.51. The maximum Gasteiger partial charge on any atom is 0.0598 e. The molecule has 1 atom stereocenters. The van der Waals surface area contributed by atoms with Crippen LogP contribution in [0, 0.1) is 0 Å². The molecular formula is C16H33N3O. The van der Waals surface area contributed by atoms with Crippen LogP contribution in [0.4, 0.5) is 0 Å². The number of piperidine rings is 1. The number of nitrogens with zero attached hydrogens (tertiary/aromatic N) is 2. The molecule has 0 amide bonds. The lowest BCUT2D eigenvalue weighted by atomic mass is 10.0. The second-order valence-electron chi connectivity index (χ2n) is 7.33.